The molecule has 1 N–H and O–H groups in total. The molecule has 0 spiro atoms. The van der Waals surface area contributed by atoms with Gasteiger partial charge < -0.3 is 10.3 Å². The van der Waals surface area contributed by atoms with Crippen LogP contribution in [0.4, 0.5) is 5.69 Å². The second-order valence-corrected chi connectivity index (χ2v) is 3.12. The molecule has 0 aliphatic rings. The quantitative estimate of drug-likeness (QED) is 0.650. The van der Waals surface area contributed by atoms with Crippen molar-refractivity contribution in [1.29, 1.82) is 0 Å². The molecule has 0 saturated heterocycles. The normalized spacial score (nSPS) is 13.1. The SMILES string of the molecule is C[NH+]([O-])c1ccc2ccccc2c1. The van der Waals surface area contributed by atoms with Crippen molar-refractivity contribution in [2.45, 2.75) is 0 Å². The molecule has 2 nitrogen and oxygen atoms in total. The van der Waals surface area contributed by atoms with Crippen LogP contribution in [-0.4, -0.2) is 7.05 Å². The Kier molecular flexibility index (Phi) is 2.00. The summed E-state index contributed by atoms with van der Waals surface area (Å²) in [5, 5.41) is 13.5. The largest absolute Gasteiger partial charge is 0.629 e. The highest BCUT2D eigenvalue weighted by atomic mass is 16.5. The fraction of sp³-hybridized carbons (Fsp3) is 0.0909. The van der Waals surface area contributed by atoms with E-state index < -0.39 is 0 Å². The van der Waals surface area contributed by atoms with Crippen LogP contribution in [0.25, 0.3) is 10.8 Å². The van der Waals surface area contributed by atoms with Crippen LogP contribution in [0, 0.1) is 5.21 Å². The number of nitrogens with one attached hydrogen (secondary N) is 1. The number of rotatable bonds is 1. The molecule has 0 amide bonds. The van der Waals surface area contributed by atoms with Crippen LogP contribution in [0.3, 0.4) is 0 Å². The van der Waals surface area contributed by atoms with Gasteiger partial charge in [-0.15, -0.1) is 0 Å². The smallest absolute Gasteiger partial charge is 0.131 e. The Morgan fingerprint density at radius 2 is 1.69 bits per heavy atom. The lowest BCUT2D eigenvalue weighted by molar-refractivity contribution is -0.751. The number of quaternary nitrogens is 1. The van der Waals surface area contributed by atoms with Gasteiger partial charge in [0.15, 0.2) is 0 Å². The summed E-state index contributed by atoms with van der Waals surface area (Å²) >= 11 is 0. The maximum Gasteiger partial charge on any atom is 0.131 e. The van der Waals surface area contributed by atoms with Crippen molar-refractivity contribution < 1.29 is 5.06 Å². The van der Waals surface area contributed by atoms with Crippen LogP contribution in [0.1, 0.15) is 0 Å². The molecule has 0 heterocycles. The molecule has 0 aliphatic carbocycles. The van der Waals surface area contributed by atoms with E-state index >= 15 is 0 Å². The fourth-order valence-corrected chi connectivity index (χ4v) is 1.41. The molecule has 2 aromatic rings. The first kappa shape index (κ1) is 8.23. The minimum absolute atomic E-state index is 0.116. The summed E-state index contributed by atoms with van der Waals surface area (Å²) in [5.74, 6) is 0. The van der Waals surface area contributed by atoms with Gasteiger partial charge in [-0.1, -0.05) is 24.3 Å². The van der Waals surface area contributed by atoms with Crippen LogP contribution < -0.4 is 5.06 Å². The molecule has 2 rings (SSSR count). The van der Waals surface area contributed by atoms with E-state index in [1.807, 2.05) is 42.5 Å². The van der Waals surface area contributed by atoms with E-state index in [-0.39, 0.29) is 5.06 Å². The molecular formula is C11H11NO. The third-order valence-corrected chi connectivity index (χ3v) is 2.16. The van der Waals surface area contributed by atoms with Crippen molar-refractivity contribution in [2.75, 3.05) is 7.05 Å². The summed E-state index contributed by atoms with van der Waals surface area (Å²) in [4.78, 5) is 0. The fourth-order valence-electron chi connectivity index (χ4n) is 1.41. The summed E-state index contributed by atoms with van der Waals surface area (Å²) in [6.07, 6.45) is 0. The number of hydroxylamine groups is 1. The van der Waals surface area contributed by atoms with E-state index in [1.54, 1.807) is 7.05 Å². The Balaban J connectivity index is 2.62. The van der Waals surface area contributed by atoms with Gasteiger partial charge in [0.1, 0.15) is 5.69 Å². The Bertz CT molecular complexity index is 423. The van der Waals surface area contributed by atoms with Gasteiger partial charge in [0.2, 0.25) is 0 Å². The van der Waals surface area contributed by atoms with Crippen LogP contribution in [-0.2, 0) is 0 Å². The monoisotopic (exact) mass is 173 g/mol. The van der Waals surface area contributed by atoms with Gasteiger partial charge in [-0.25, -0.2) is 0 Å². The molecule has 13 heavy (non-hydrogen) atoms. The summed E-state index contributed by atoms with van der Waals surface area (Å²) < 4.78 is 0. The van der Waals surface area contributed by atoms with Crippen molar-refractivity contribution in [3.05, 3.63) is 47.7 Å². The van der Waals surface area contributed by atoms with E-state index in [4.69, 9.17) is 0 Å². The highest BCUT2D eigenvalue weighted by molar-refractivity contribution is 5.84. The van der Waals surface area contributed by atoms with Crippen molar-refractivity contribution in [3.8, 4) is 0 Å². The van der Waals surface area contributed by atoms with Gasteiger partial charge in [-0.2, -0.15) is 0 Å². The second kappa shape index (κ2) is 3.17. The molecule has 66 valence electrons. The third-order valence-electron chi connectivity index (χ3n) is 2.16. The topological polar surface area (TPSA) is 27.5 Å². The van der Waals surface area contributed by atoms with Crippen LogP contribution in [0.5, 0.6) is 0 Å². The molecule has 0 bridgehead atoms. The van der Waals surface area contributed by atoms with E-state index in [2.05, 4.69) is 0 Å². The number of hydrogen-bond acceptors (Lipinski definition) is 1. The Morgan fingerprint density at radius 1 is 1.00 bits per heavy atom. The maximum atomic E-state index is 11.1. The Labute approximate surface area is 77.0 Å². The molecular weight excluding hydrogens is 162 g/mol. The van der Waals surface area contributed by atoms with E-state index in [1.165, 1.54) is 5.39 Å². The average molecular weight is 173 g/mol. The summed E-state index contributed by atoms with van der Waals surface area (Å²) in [5.41, 5.74) is 0.777. The minimum Gasteiger partial charge on any atom is -0.629 e. The van der Waals surface area contributed by atoms with Crippen molar-refractivity contribution >= 4 is 16.5 Å². The van der Waals surface area contributed by atoms with Gasteiger partial charge in [-0.05, 0) is 22.9 Å². The number of benzene rings is 2. The summed E-state index contributed by atoms with van der Waals surface area (Å²) in [7, 11) is 1.59. The molecule has 0 fully saturated rings. The molecule has 0 saturated carbocycles. The standard InChI is InChI=1S/C11H11NO/c1-12(13)11-7-6-9-4-2-3-5-10(9)8-11/h2-8,12H,1H3. The summed E-state index contributed by atoms with van der Waals surface area (Å²) in [6, 6.07) is 13.8. The lowest BCUT2D eigenvalue weighted by atomic mass is 10.1. The molecule has 1 unspecified atom stereocenters. The van der Waals surface area contributed by atoms with E-state index in [9.17, 15) is 5.21 Å². The van der Waals surface area contributed by atoms with Gasteiger partial charge in [-0.3, -0.25) is 0 Å². The van der Waals surface area contributed by atoms with Crippen LogP contribution >= 0.6 is 0 Å². The van der Waals surface area contributed by atoms with Gasteiger partial charge in [0, 0.05) is 6.07 Å². The van der Waals surface area contributed by atoms with Gasteiger partial charge in [0.05, 0.1) is 7.05 Å². The molecule has 0 aromatic heterocycles. The first-order valence-electron chi connectivity index (χ1n) is 4.27. The lowest BCUT2D eigenvalue weighted by Crippen LogP contribution is -2.98. The lowest BCUT2D eigenvalue weighted by Gasteiger charge is -2.15. The predicted molar refractivity (Wildman–Crippen MR) is 53.9 cm³/mol. The van der Waals surface area contributed by atoms with Crippen LogP contribution in [0.15, 0.2) is 42.5 Å². The Hall–Kier alpha value is -1.38. The highest BCUT2D eigenvalue weighted by Gasteiger charge is 1.98. The Morgan fingerprint density at radius 3 is 2.38 bits per heavy atom. The van der Waals surface area contributed by atoms with Crippen LogP contribution in [0.2, 0.25) is 0 Å². The average Bonchev–Trinajstić information content (AvgIpc) is 2.17. The molecule has 0 aliphatic heterocycles. The van der Waals surface area contributed by atoms with Crippen molar-refractivity contribution in [2.24, 2.45) is 0 Å². The van der Waals surface area contributed by atoms with Crippen molar-refractivity contribution in [3.63, 3.8) is 0 Å². The van der Waals surface area contributed by atoms with Gasteiger partial charge in [0.25, 0.3) is 0 Å². The van der Waals surface area contributed by atoms with E-state index in [0.717, 1.165) is 11.1 Å². The van der Waals surface area contributed by atoms with E-state index in [0.29, 0.717) is 0 Å². The number of fused-ring (bicyclic) bond motifs is 1. The predicted octanol–water partition coefficient (Wildman–Crippen LogP) is 1.48. The first-order chi connectivity index (χ1) is 6.27. The zero-order chi connectivity index (χ0) is 9.26. The molecule has 1 atom stereocenters. The van der Waals surface area contributed by atoms with Gasteiger partial charge >= 0.3 is 0 Å². The zero-order valence-electron chi connectivity index (χ0n) is 7.45. The number of hydrogen-bond donors (Lipinski definition) is 1. The molecule has 2 heteroatoms. The zero-order valence-corrected chi connectivity index (χ0v) is 7.45. The molecule has 2 aromatic carbocycles. The summed E-state index contributed by atoms with van der Waals surface area (Å²) in [6.45, 7) is 0. The minimum atomic E-state index is 0.116. The van der Waals surface area contributed by atoms with Crippen molar-refractivity contribution in [1.82, 2.24) is 0 Å². The highest BCUT2D eigenvalue weighted by Crippen LogP contribution is 2.15. The maximum absolute atomic E-state index is 11.1. The second-order valence-electron chi connectivity index (χ2n) is 3.12. The molecule has 0 radical (unpaired) electrons. The first-order valence-corrected chi connectivity index (χ1v) is 4.27. The third kappa shape index (κ3) is 1.54.